The molecule has 0 bridgehead atoms. The predicted octanol–water partition coefficient (Wildman–Crippen LogP) is 2.14. The third kappa shape index (κ3) is 2.10. The van der Waals surface area contributed by atoms with E-state index in [1.807, 2.05) is 6.92 Å². The van der Waals surface area contributed by atoms with E-state index in [9.17, 15) is 8.78 Å². The van der Waals surface area contributed by atoms with Crippen molar-refractivity contribution in [3.63, 3.8) is 0 Å². The lowest BCUT2D eigenvalue weighted by Gasteiger charge is -2.08. The second-order valence-corrected chi connectivity index (χ2v) is 2.73. The van der Waals surface area contributed by atoms with Crippen molar-refractivity contribution < 1.29 is 18.3 Å². The topological polar surface area (TPSA) is 18.5 Å². The Morgan fingerprint density at radius 3 is 2.36 bits per heavy atom. The van der Waals surface area contributed by atoms with Crippen LogP contribution in [0.1, 0.15) is 26.7 Å². The molecule has 1 saturated heterocycles. The Balaban J connectivity index is 2.45. The number of hydrogen-bond donors (Lipinski definition) is 0. The van der Waals surface area contributed by atoms with E-state index in [-0.39, 0.29) is 0 Å². The van der Waals surface area contributed by atoms with E-state index < -0.39 is 18.5 Å². The van der Waals surface area contributed by atoms with Crippen LogP contribution >= 0.6 is 0 Å². The minimum Gasteiger partial charge on any atom is -0.290 e. The number of halogens is 2. The zero-order chi connectivity index (χ0) is 8.48. The van der Waals surface area contributed by atoms with E-state index in [4.69, 9.17) is 0 Å². The Morgan fingerprint density at radius 1 is 1.36 bits per heavy atom. The molecular formula is C7H12F2O2. The van der Waals surface area contributed by atoms with Gasteiger partial charge >= 0.3 is 6.29 Å². The maximum Gasteiger partial charge on any atom is 0.486 e. The molecule has 0 aromatic rings. The van der Waals surface area contributed by atoms with Crippen LogP contribution in [0.5, 0.6) is 0 Å². The van der Waals surface area contributed by atoms with Gasteiger partial charge in [-0.1, -0.05) is 13.3 Å². The van der Waals surface area contributed by atoms with Crippen molar-refractivity contribution in [1.82, 2.24) is 0 Å². The molecule has 4 heteroatoms. The van der Waals surface area contributed by atoms with Crippen LogP contribution in [0, 0.1) is 0 Å². The molecule has 11 heavy (non-hydrogen) atoms. The van der Waals surface area contributed by atoms with Crippen molar-refractivity contribution in [1.29, 1.82) is 0 Å². The van der Waals surface area contributed by atoms with Gasteiger partial charge in [-0.2, -0.15) is 0 Å². The lowest BCUT2D eigenvalue weighted by atomic mass is 10.1. The number of ether oxygens (including phenoxy) is 2. The van der Waals surface area contributed by atoms with Crippen LogP contribution in [0.3, 0.4) is 0 Å². The molecule has 1 rings (SSSR count). The van der Waals surface area contributed by atoms with Gasteiger partial charge in [0.05, 0.1) is 12.2 Å². The standard InChI is InChI=1S/C7H12F2O2/c1-3-4-6-5(2)10-7(8,9)11-6/h5-6H,3-4H2,1-2H3. The second-order valence-electron chi connectivity index (χ2n) is 2.73. The highest BCUT2D eigenvalue weighted by Gasteiger charge is 2.46. The molecular weight excluding hydrogens is 154 g/mol. The highest BCUT2D eigenvalue weighted by molar-refractivity contribution is 4.72. The smallest absolute Gasteiger partial charge is 0.290 e. The van der Waals surface area contributed by atoms with Gasteiger partial charge in [0.1, 0.15) is 0 Å². The summed E-state index contributed by atoms with van der Waals surface area (Å²) in [5, 5.41) is 0. The zero-order valence-electron chi connectivity index (χ0n) is 6.64. The molecule has 1 heterocycles. The van der Waals surface area contributed by atoms with Crippen LogP contribution in [0.25, 0.3) is 0 Å². The molecule has 1 aliphatic rings. The fraction of sp³-hybridized carbons (Fsp3) is 1.00. The van der Waals surface area contributed by atoms with Gasteiger partial charge in [0.2, 0.25) is 0 Å². The molecule has 2 atom stereocenters. The predicted molar refractivity (Wildman–Crippen MR) is 35.3 cm³/mol. The highest BCUT2D eigenvalue weighted by atomic mass is 19.3. The van der Waals surface area contributed by atoms with Gasteiger partial charge in [-0.25, -0.2) is 0 Å². The normalized spacial score (nSPS) is 36.0. The molecule has 0 N–H and O–H groups in total. The van der Waals surface area contributed by atoms with Crippen molar-refractivity contribution in [3.8, 4) is 0 Å². The van der Waals surface area contributed by atoms with E-state index >= 15 is 0 Å². The largest absolute Gasteiger partial charge is 0.486 e. The summed E-state index contributed by atoms with van der Waals surface area (Å²) < 4.78 is 33.3. The molecule has 0 amide bonds. The Kier molecular flexibility index (Phi) is 2.44. The third-order valence-corrected chi connectivity index (χ3v) is 1.71. The number of hydrogen-bond acceptors (Lipinski definition) is 2. The van der Waals surface area contributed by atoms with Crippen LogP contribution in [0.15, 0.2) is 0 Å². The molecule has 0 saturated carbocycles. The first-order valence-electron chi connectivity index (χ1n) is 3.78. The minimum atomic E-state index is -3.36. The number of alkyl halides is 2. The summed E-state index contributed by atoms with van der Waals surface area (Å²) in [5.74, 6) is 0. The molecule has 0 aromatic heterocycles. The van der Waals surface area contributed by atoms with Gasteiger partial charge in [0.25, 0.3) is 0 Å². The van der Waals surface area contributed by atoms with Gasteiger partial charge in [0.15, 0.2) is 0 Å². The molecule has 1 aliphatic heterocycles. The molecule has 0 radical (unpaired) electrons. The maximum atomic E-state index is 12.3. The van der Waals surface area contributed by atoms with Crippen molar-refractivity contribution in [3.05, 3.63) is 0 Å². The van der Waals surface area contributed by atoms with Gasteiger partial charge in [-0.05, 0) is 13.3 Å². The summed E-state index contributed by atoms with van der Waals surface area (Å²) in [6.45, 7) is 3.52. The van der Waals surface area contributed by atoms with Crippen molar-refractivity contribution >= 4 is 0 Å². The van der Waals surface area contributed by atoms with Crippen molar-refractivity contribution in [2.24, 2.45) is 0 Å². The Labute approximate surface area is 64.5 Å². The summed E-state index contributed by atoms with van der Waals surface area (Å²) in [7, 11) is 0. The van der Waals surface area contributed by atoms with Crippen molar-refractivity contribution in [2.45, 2.75) is 45.2 Å². The Bertz CT molecular complexity index is 138. The quantitative estimate of drug-likeness (QED) is 0.625. The molecule has 0 aliphatic carbocycles. The average Bonchev–Trinajstić information content (AvgIpc) is 2.07. The Hall–Kier alpha value is -0.220. The molecule has 2 unspecified atom stereocenters. The molecule has 0 spiro atoms. The fourth-order valence-corrected chi connectivity index (χ4v) is 1.17. The lowest BCUT2D eigenvalue weighted by Crippen LogP contribution is -2.18. The van der Waals surface area contributed by atoms with E-state index in [1.165, 1.54) is 0 Å². The SMILES string of the molecule is CCCC1OC(F)(F)OC1C. The molecule has 0 aromatic carbocycles. The highest BCUT2D eigenvalue weighted by Crippen LogP contribution is 2.32. The minimum absolute atomic E-state index is 0.449. The van der Waals surface area contributed by atoms with Gasteiger partial charge < -0.3 is 0 Å². The zero-order valence-corrected chi connectivity index (χ0v) is 6.64. The summed E-state index contributed by atoms with van der Waals surface area (Å²) in [6.07, 6.45) is -2.86. The second kappa shape index (κ2) is 3.03. The van der Waals surface area contributed by atoms with Crippen LogP contribution in [-0.4, -0.2) is 18.5 Å². The summed E-state index contributed by atoms with van der Waals surface area (Å²) in [6, 6.07) is 0. The maximum absolute atomic E-state index is 12.3. The summed E-state index contributed by atoms with van der Waals surface area (Å²) in [4.78, 5) is 0. The average molecular weight is 166 g/mol. The molecule has 66 valence electrons. The molecule has 1 fully saturated rings. The van der Waals surface area contributed by atoms with E-state index in [1.54, 1.807) is 6.92 Å². The van der Waals surface area contributed by atoms with E-state index in [0.29, 0.717) is 6.42 Å². The monoisotopic (exact) mass is 166 g/mol. The van der Waals surface area contributed by atoms with E-state index in [2.05, 4.69) is 9.47 Å². The van der Waals surface area contributed by atoms with E-state index in [0.717, 1.165) is 6.42 Å². The van der Waals surface area contributed by atoms with Gasteiger partial charge in [0, 0.05) is 0 Å². The first-order valence-corrected chi connectivity index (χ1v) is 3.78. The fourth-order valence-electron chi connectivity index (χ4n) is 1.17. The van der Waals surface area contributed by atoms with Crippen molar-refractivity contribution in [2.75, 3.05) is 0 Å². The van der Waals surface area contributed by atoms with Crippen LogP contribution < -0.4 is 0 Å². The first kappa shape index (κ1) is 8.87. The third-order valence-electron chi connectivity index (χ3n) is 1.71. The Morgan fingerprint density at radius 2 is 2.00 bits per heavy atom. The summed E-state index contributed by atoms with van der Waals surface area (Å²) >= 11 is 0. The van der Waals surface area contributed by atoms with Crippen LogP contribution in [-0.2, 0) is 9.47 Å². The van der Waals surface area contributed by atoms with Gasteiger partial charge in [-0.15, -0.1) is 8.78 Å². The summed E-state index contributed by atoms with van der Waals surface area (Å²) in [5.41, 5.74) is 0. The lowest BCUT2D eigenvalue weighted by molar-refractivity contribution is -0.350. The van der Waals surface area contributed by atoms with Gasteiger partial charge in [-0.3, -0.25) is 9.47 Å². The number of rotatable bonds is 2. The van der Waals surface area contributed by atoms with Crippen LogP contribution in [0.4, 0.5) is 8.78 Å². The van der Waals surface area contributed by atoms with Crippen LogP contribution in [0.2, 0.25) is 0 Å². The molecule has 2 nitrogen and oxygen atoms in total. The first-order chi connectivity index (χ1) is 5.05.